The summed E-state index contributed by atoms with van der Waals surface area (Å²) >= 11 is 0. The Morgan fingerprint density at radius 3 is 3.12 bits per heavy atom. The fraction of sp³-hybridized carbons (Fsp3) is 0.769. The third-order valence-electron chi connectivity index (χ3n) is 4.26. The van der Waals surface area contributed by atoms with E-state index in [0.717, 1.165) is 18.3 Å². The van der Waals surface area contributed by atoms with Crippen LogP contribution in [0.25, 0.3) is 0 Å². The summed E-state index contributed by atoms with van der Waals surface area (Å²) in [6.45, 7) is 6.24. The van der Waals surface area contributed by atoms with Crippen LogP contribution in [0, 0.1) is 11.8 Å². The third kappa shape index (κ3) is 2.53. The highest BCUT2D eigenvalue weighted by atomic mass is 15.2. The lowest BCUT2D eigenvalue weighted by molar-refractivity contribution is 0.150. The van der Waals surface area contributed by atoms with E-state index in [4.69, 9.17) is 0 Å². The molecule has 0 aromatic carbocycles. The Labute approximate surface area is 103 Å². The minimum absolute atomic E-state index is 0.901. The SMILES string of the molecule is Cn1cc(CCN2CCC3CNCC3C2)cn1. The Bertz CT molecular complexity index is 373. The summed E-state index contributed by atoms with van der Waals surface area (Å²) in [6, 6.07) is 0. The van der Waals surface area contributed by atoms with Crippen molar-refractivity contribution in [3.63, 3.8) is 0 Å². The second-order valence-corrected chi connectivity index (χ2v) is 5.54. The van der Waals surface area contributed by atoms with Gasteiger partial charge in [0.25, 0.3) is 0 Å². The first-order chi connectivity index (χ1) is 8.31. The molecular weight excluding hydrogens is 212 g/mol. The zero-order valence-electron chi connectivity index (χ0n) is 10.6. The minimum atomic E-state index is 0.901. The molecule has 0 aliphatic carbocycles. The number of aryl methyl sites for hydroxylation is 1. The van der Waals surface area contributed by atoms with E-state index in [0.29, 0.717) is 0 Å². The van der Waals surface area contributed by atoms with Crippen molar-refractivity contribution in [2.75, 3.05) is 32.7 Å². The van der Waals surface area contributed by atoms with Gasteiger partial charge in [0.2, 0.25) is 0 Å². The summed E-state index contributed by atoms with van der Waals surface area (Å²) < 4.78 is 1.89. The summed E-state index contributed by atoms with van der Waals surface area (Å²) in [4.78, 5) is 2.63. The molecule has 0 amide bonds. The average molecular weight is 234 g/mol. The lowest BCUT2D eigenvalue weighted by atomic mass is 9.88. The lowest BCUT2D eigenvalue weighted by Gasteiger charge is -2.34. The molecule has 2 aliphatic heterocycles. The number of rotatable bonds is 3. The quantitative estimate of drug-likeness (QED) is 0.827. The maximum absolute atomic E-state index is 4.22. The number of likely N-dealkylation sites (tertiary alicyclic amines) is 1. The van der Waals surface area contributed by atoms with Crippen molar-refractivity contribution in [2.24, 2.45) is 18.9 Å². The maximum atomic E-state index is 4.22. The summed E-state index contributed by atoms with van der Waals surface area (Å²) in [5.74, 6) is 1.85. The van der Waals surface area contributed by atoms with Gasteiger partial charge in [0, 0.05) is 26.3 Å². The van der Waals surface area contributed by atoms with Gasteiger partial charge in [-0.3, -0.25) is 4.68 Å². The number of fused-ring (bicyclic) bond motifs is 1. The van der Waals surface area contributed by atoms with Crippen LogP contribution in [0.15, 0.2) is 12.4 Å². The van der Waals surface area contributed by atoms with Gasteiger partial charge in [-0.25, -0.2) is 0 Å². The van der Waals surface area contributed by atoms with E-state index in [2.05, 4.69) is 21.5 Å². The van der Waals surface area contributed by atoms with Crippen LogP contribution in [0.2, 0.25) is 0 Å². The Balaban J connectivity index is 1.49. The van der Waals surface area contributed by atoms with Crippen molar-refractivity contribution in [3.8, 4) is 0 Å². The highest BCUT2D eigenvalue weighted by molar-refractivity contribution is 5.04. The fourth-order valence-electron chi connectivity index (χ4n) is 3.20. The molecule has 1 N–H and O–H groups in total. The molecule has 1 aromatic heterocycles. The van der Waals surface area contributed by atoms with Crippen LogP contribution < -0.4 is 5.32 Å². The zero-order valence-corrected chi connectivity index (χ0v) is 10.6. The van der Waals surface area contributed by atoms with Crippen LogP contribution in [0.3, 0.4) is 0 Å². The van der Waals surface area contributed by atoms with Crippen LogP contribution >= 0.6 is 0 Å². The maximum Gasteiger partial charge on any atom is 0.0522 e. The van der Waals surface area contributed by atoms with Crippen LogP contribution in [-0.2, 0) is 13.5 Å². The number of hydrogen-bond donors (Lipinski definition) is 1. The number of aromatic nitrogens is 2. The molecule has 94 valence electrons. The number of nitrogens with zero attached hydrogens (tertiary/aromatic N) is 3. The molecule has 2 atom stereocenters. The van der Waals surface area contributed by atoms with Gasteiger partial charge in [0.1, 0.15) is 0 Å². The number of hydrogen-bond acceptors (Lipinski definition) is 3. The molecule has 3 rings (SSSR count). The molecule has 1 aromatic rings. The highest BCUT2D eigenvalue weighted by Crippen LogP contribution is 2.26. The summed E-state index contributed by atoms with van der Waals surface area (Å²) in [5.41, 5.74) is 1.36. The molecule has 4 nitrogen and oxygen atoms in total. The van der Waals surface area contributed by atoms with Crippen molar-refractivity contribution in [1.82, 2.24) is 20.0 Å². The van der Waals surface area contributed by atoms with E-state index in [-0.39, 0.29) is 0 Å². The summed E-state index contributed by atoms with van der Waals surface area (Å²) in [6.07, 6.45) is 6.64. The van der Waals surface area contributed by atoms with Crippen molar-refractivity contribution in [3.05, 3.63) is 18.0 Å². The summed E-state index contributed by atoms with van der Waals surface area (Å²) in [5, 5.41) is 7.74. The van der Waals surface area contributed by atoms with E-state index in [1.54, 1.807) is 0 Å². The van der Waals surface area contributed by atoms with Gasteiger partial charge in [-0.15, -0.1) is 0 Å². The first kappa shape index (κ1) is 11.2. The van der Waals surface area contributed by atoms with Gasteiger partial charge in [0.05, 0.1) is 6.20 Å². The van der Waals surface area contributed by atoms with Crippen molar-refractivity contribution in [1.29, 1.82) is 0 Å². The van der Waals surface area contributed by atoms with Crippen molar-refractivity contribution >= 4 is 0 Å². The van der Waals surface area contributed by atoms with Crippen LogP contribution in [0.5, 0.6) is 0 Å². The van der Waals surface area contributed by atoms with E-state index < -0.39 is 0 Å². The fourth-order valence-corrected chi connectivity index (χ4v) is 3.20. The average Bonchev–Trinajstić information content (AvgIpc) is 2.94. The van der Waals surface area contributed by atoms with Gasteiger partial charge in [-0.1, -0.05) is 0 Å². The molecular formula is C13H22N4. The van der Waals surface area contributed by atoms with Crippen molar-refractivity contribution in [2.45, 2.75) is 12.8 Å². The second-order valence-electron chi connectivity index (χ2n) is 5.54. The molecule has 2 saturated heterocycles. The van der Waals surface area contributed by atoms with Crippen LogP contribution in [-0.4, -0.2) is 47.4 Å². The topological polar surface area (TPSA) is 33.1 Å². The Kier molecular flexibility index (Phi) is 3.16. The normalized spacial score (nSPS) is 29.5. The van der Waals surface area contributed by atoms with Gasteiger partial charge < -0.3 is 10.2 Å². The van der Waals surface area contributed by atoms with Gasteiger partial charge >= 0.3 is 0 Å². The molecule has 0 spiro atoms. The molecule has 4 heteroatoms. The monoisotopic (exact) mass is 234 g/mol. The molecule has 3 heterocycles. The second kappa shape index (κ2) is 4.78. The van der Waals surface area contributed by atoms with E-state index in [9.17, 15) is 0 Å². The lowest BCUT2D eigenvalue weighted by Crippen LogP contribution is -2.40. The zero-order chi connectivity index (χ0) is 11.7. The van der Waals surface area contributed by atoms with Gasteiger partial charge in [-0.05, 0) is 49.9 Å². The molecule has 17 heavy (non-hydrogen) atoms. The number of nitrogens with one attached hydrogen (secondary N) is 1. The molecule has 2 aliphatic rings. The molecule has 2 unspecified atom stereocenters. The minimum Gasteiger partial charge on any atom is -0.316 e. The summed E-state index contributed by atoms with van der Waals surface area (Å²) in [7, 11) is 1.99. The van der Waals surface area contributed by atoms with E-state index in [1.807, 2.05) is 17.9 Å². The standard InChI is InChI=1S/C13H22N4/c1-16-9-11(6-15-16)2-4-17-5-3-12-7-14-8-13(12)10-17/h6,9,12-14H,2-5,7-8,10H2,1H3. The predicted octanol–water partition coefficient (Wildman–Crippen LogP) is 0.504. The Morgan fingerprint density at radius 1 is 1.41 bits per heavy atom. The largest absolute Gasteiger partial charge is 0.316 e. The first-order valence-electron chi connectivity index (χ1n) is 6.72. The molecule has 2 fully saturated rings. The number of piperidine rings is 1. The van der Waals surface area contributed by atoms with E-state index >= 15 is 0 Å². The smallest absolute Gasteiger partial charge is 0.0522 e. The van der Waals surface area contributed by atoms with Crippen LogP contribution in [0.1, 0.15) is 12.0 Å². The van der Waals surface area contributed by atoms with E-state index in [1.165, 1.54) is 44.7 Å². The van der Waals surface area contributed by atoms with Crippen molar-refractivity contribution < 1.29 is 0 Å². The van der Waals surface area contributed by atoms with Crippen LogP contribution in [0.4, 0.5) is 0 Å². The third-order valence-corrected chi connectivity index (χ3v) is 4.26. The first-order valence-corrected chi connectivity index (χ1v) is 6.72. The van der Waals surface area contributed by atoms with Gasteiger partial charge in [0.15, 0.2) is 0 Å². The van der Waals surface area contributed by atoms with Gasteiger partial charge in [-0.2, -0.15) is 5.10 Å². The predicted molar refractivity (Wildman–Crippen MR) is 67.8 cm³/mol. The Hall–Kier alpha value is -0.870. The molecule has 0 radical (unpaired) electrons. The Morgan fingerprint density at radius 2 is 2.29 bits per heavy atom. The molecule has 0 saturated carbocycles. The molecule has 0 bridgehead atoms. The highest BCUT2D eigenvalue weighted by Gasteiger charge is 2.32.